The Morgan fingerprint density at radius 2 is 1.93 bits per heavy atom. The van der Waals surface area contributed by atoms with Crippen LogP contribution in [0.3, 0.4) is 0 Å². The van der Waals surface area contributed by atoms with Gasteiger partial charge in [-0.3, -0.25) is 4.79 Å². The molecule has 0 N–H and O–H groups in total. The summed E-state index contributed by atoms with van der Waals surface area (Å²) in [7, 11) is 0. The van der Waals surface area contributed by atoms with Crippen molar-refractivity contribution in [3.8, 4) is 0 Å². The quantitative estimate of drug-likeness (QED) is 0.557. The maximum Gasteiger partial charge on any atom is 0.312 e. The van der Waals surface area contributed by atoms with Gasteiger partial charge in [0, 0.05) is 5.92 Å². The van der Waals surface area contributed by atoms with E-state index in [0.717, 1.165) is 18.8 Å². The fourth-order valence-corrected chi connectivity index (χ4v) is 3.24. The van der Waals surface area contributed by atoms with Gasteiger partial charge in [-0.1, -0.05) is 13.8 Å². The first-order valence-electron chi connectivity index (χ1n) is 5.66. The van der Waals surface area contributed by atoms with Crippen molar-refractivity contribution in [3.63, 3.8) is 0 Å². The van der Waals surface area contributed by atoms with Crippen LogP contribution in [0.15, 0.2) is 0 Å². The van der Waals surface area contributed by atoms with E-state index in [1.807, 2.05) is 6.92 Å². The van der Waals surface area contributed by atoms with E-state index in [2.05, 4.69) is 20.8 Å². The van der Waals surface area contributed by atoms with Crippen LogP contribution in [0.1, 0.15) is 40.5 Å². The maximum absolute atomic E-state index is 11.8. The van der Waals surface area contributed by atoms with E-state index in [-0.39, 0.29) is 17.5 Å². The van der Waals surface area contributed by atoms with Crippen molar-refractivity contribution in [2.24, 2.45) is 23.2 Å². The number of carbonyl (C=O) groups excluding carboxylic acids is 1. The van der Waals surface area contributed by atoms with Crippen LogP contribution in [0.5, 0.6) is 0 Å². The second-order valence-corrected chi connectivity index (χ2v) is 5.53. The molecule has 1 aliphatic heterocycles. The third kappa shape index (κ3) is 1.19. The molecule has 14 heavy (non-hydrogen) atoms. The van der Waals surface area contributed by atoms with Crippen molar-refractivity contribution < 1.29 is 9.53 Å². The highest BCUT2D eigenvalue weighted by molar-refractivity contribution is 5.79. The molecule has 5 atom stereocenters. The molecule has 1 saturated heterocycles. The number of hydrogen-bond donors (Lipinski definition) is 0. The molecular weight excluding hydrogens is 176 g/mol. The predicted octanol–water partition coefficient (Wildman–Crippen LogP) is 2.62. The fraction of sp³-hybridized carbons (Fsp3) is 0.917. The van der Waals surface area contributed by atoms with E-state index in [1.54, 1.807) is 0 Å². The smallest absolute Gasteiger partial charge is 0.312 e. The lowest BCUT2D eigenvalue weighted by atomic mass is 9.61. The molecule has 0 amide bonds. The number of hydrogen-bond acceptors (Lipinski definition) is 2. The Kier molecular flexibility index (Phi) is 2.13. The van der Waals surface area contributed by atoms with Crippen molar-refractivity contribution in [1.29, 1.82) is 0 Å². The van der Waals surface area contributed by atoms with Crippen molar-refractivity contribution in [1.82, 2.24) is 0 Å². The number of cyclic esters (lactones) is 1. The lowest BCUT2D eigenvalue weighted by Gasteiger charge is -2.40. The Morgan fingerprint density at radius 3 is 2.57 bits per heavy atom. The molecule has 0 aromatic heterocycles. The molecule has 2 aliphatic rings. The van der Waals surface area contributed by atoms with Crippen LogP contribution in [0, 0.1) is 23.2 Å². The standard InChI is InChI=1S/C12H20O2/c1-7-5-10-9(3)14-11(13)12(10,4)6-8(7)2/h7-10H,5-6H2,1-4H3. The minimum absolute atomic E-state index is 0.0359. The van der Waals surface area contributed by atoms with Gasteiger partial charge in [-0.05, 0) is 38.5 Å². The van der Waals surface area contributed by atoms with Crippen LogP contribution in [0.2, 0.25) is 0 Å². The summed E-state index contributed by atoms with van der Waals surface area (Å²) in [6, 6.07) is 0. The summed E-state index contributed by atoms with van der Waals surface area (Å²) >= 11 is 0. The monoisotopic (exact) mass is 196 g/mol. The van der Waals surface area contributed by atoms with Crippen molar-refractivity contribution >= 4 is 5.97 Å². The normalized spacial score (nSPS) is 52.7. The number of carbonyl (C=O) groups is 1. The summed E-state index contributed by atoms with van der Waals surface area (Å²) in [6.07, 6.45) is 2.27. The highest BCUT2D eigenvalue weighted by Crippen LogP contribution is 2.52. The van der Waals surface area contributed by atoms with Crippen molar-refractivity contribution in [2.75, 3.05) is 0 Å². The van der Waals surface area contributed by atoms with Crippen LogP contribution >= 0.6 is 0 Å². The Balaban J connectivity index is 2.27. The first kappa shape index (κ1) is 10.0. The van der Waals surface area contributed by atoms with Gasteiger partial charge in [0.05, 0.1) is 5.41 Å². The molecule has 2 fully saturated rings. The van der Waals surface area contributed by atoms with Gasteiger partial charge in [0.25, 0.3) is 0 Å². The van der Waals surface area contributed by atoms with Crippen molar-refractivity contribution in [3.05, 3.63) is 0 Å². The summed E-state index contributed by atoms with van der Waals surface area (Å²) in [4.78, 5) is 11.8. The number of rotatable bonds is 0. The fourth-order valence-electron chi connectivity index (χ4n) is 3.24. The molecule has 0 aromatic rings. The molecule has 5 unspecified atom stereocenters. The number of ether oxygens (including phenoxy) is 1. The second-order valence-electron chi connectivity index (χ2n) is 5.53. The van der Waals surface area contributed by atoms with Gasteiger partial charge < -0.3 is 4.74 Å². The van der Waals surface area contributed by atoms with E-state index in [9.17, 15) is 4.79 Å². The second kappa shape index (κ2) is 2.98. The molecular formula is C12H20O2. The molecule has 0 aromatic carbocycles. The molecule has 1 heterocycles. The molecule has 0 radical (unpaired) electrons. The highest BCUT2D eigenvalue weighted by Gasteiger charge is 2.55. The predicted molar refractivity (Wildman–Crippen MR) is 54.7 cm³/mol. The summed E-state index contributed by atoms with van der Waals surface area (Å²) in [5, 5.41) is 0. The van der Waals surface area contributed by atoms with Gasteiger partial charge >= 0.3 is 5.97 Å². The van der Waals surface area contributed by atoms with Gasteiger partial charge in [-0.15, -0.1) is 0 Å². The van der Waals surface area contributed by atoms with Gasteiger partial charge in [0.1, 0.15) is 6.10 Å². The third-order valence-electron chi connectivity index (χ3n) is 4.49. The molecule has 1 aliphatic carbocycles. The Bertz CT molecular complexity index is 261. The van der Waals surface area contributed by atoms with E-state index < -0.39 is 0 Å². The van der Waals surface area contributed by atoms with Crippen molar-refractivity contribution in [2.45, 2.75) is 46.6 Å². The molecule has 2 heteroatoms. The highest BCUT2D eigenvalue weighted by atomic mass is 16.6. The van der Waals surface area contributed by atoms with Gasteiger partial charge in [0.15, 0.2) is 0 Å². The van der Waals surface area contributed by atoms with Crippen LogP contribution in [-0.4, -0.2) is 12.1 Å². The largest absolute Gasteiger partial charge is 0.462 e. The van der Waals surface area contributed by atoms with E-state index in [0.29, 0.717) is 11.8 Å². The minimum atomic E-state index is -0.189. The zero-order chi connectivity index (χ0) is 10.5. The van der Waals surface area contributed by atoms with Gasteiger partial charge in [-0.25, -0.2) is 0 Å². The average molecular weight is 196 g/mol. The summed E-state index contributed by atoms with van der Waals surface area (Å²) in [5.74, 6) is 1.86. The lowest BCUT2D eigenvalue weighted by molar-refractivity contribution is -0.149. The Morgan fingerprint density at radius 1 is 1.29 bits per heavy atom. The lowest BCUT2D eigenvalue weighted by Crippen LogP contribution is -2.40. The molecule has 2 rings (SSSR count). The first-order valence-corrected chi connectivity index (χ1v) is 5.66. The minimum Gasteiger partial charge on any atom is -0.462 e. The third-order valence-corrected chi connectivity index (χ3v) is 4.49. The van der Waals surface area contributed by atoms with E-state index in [1.165, 1.54) is 0 Å². The number of esters is 1. The Labute approximate surface area is 86.0 Å². The number of fused-ring (bicyclic) bond motifs is 1. The first-order chi connectivity index (χ1) is 6.45. The summed E-state index contributed by atoms with van der Waals surface area (Å²) in [5.41, 5.74) is -0.189. The maximum atomic E-state index is 11.8. The Hall–Kier alpha value is -0.530. The van der Waals surface area contributed by atoms with Crippen LogP contribution in [-0.2, 0) is 9.53 Å². The molecule has 80 valence electrons. The van der Waals surface area contributed by atoms with Crippen LogP contribution in [0.25, 0.3) is 0 Å². The van der Waals surface area contributed by atoms with Gasteiger partial charge in [0.2, 0.25) is 0 Å². The average Bonchev–Trinajstić information content (AvgIpc) is 2.29. The molecule has 2 nitrogen and oxygen atoms in total. The van der Waals surface area contributed by atoms with Gasteiger partial charge in [-0.2, -0.15) is 0 Å². The van der Waals surface area contributed by atoms with Crippen LogP contribution < -0.4 is 0 Å². The molecule has 0 bridgehead atoms. The SMILES string of the molecule is CC1CC2C(C)OC(=O)C2(C)CC1C. The topological polar surface area (TPSA) is 26.3 Å². The summed E-state index contributed by atoms with van der Waals surface area (Å²) in [6.45, 7) is 8.67. The summed E-state index contributed by atoms with van der Waals surface area (Å²) < 4.78 is 5.37. The zero-order valence-corrected chi connectivity index (χ0v) is 9.54. The zero-order valence-electron chi connectivity index (χ0n) is 9.54. The van der Waals surface area contributed by atoms with E-state index >= 15 is 0 Å². The molecule has 0 spiro atoms. The van der Waals surface area contributed by atoms with Crippen LogP contribution in [0.4, 0.5) is 0 Å². The molecule has 1 saturated carbocycles. The van der Waals surface area contributed by atoms with E-state index in [4.69, 9.17) is 4.74 Å².